The minimum atomic E-state index is -0.301. The van der Waals surface area contributed by atoms with Crippen molar-refractivity contribution in [2.45, 2.75) is 17.9 Å². The van der Waals surface area contributed by atoms with Crippen LogP contribution in [-0.2, 0) is 17.8 Å². The van der Waals surface area contributed by atoms with Gasteiger partial charge in [-0.15, -0.1) is 11.8 Å². The lowest BCUT2D eigenvalue weighted by Gasteiger charge is -2.20. The quantitative estimate of drug-likeness (QED) is 0.525. The molecule has 0 bridgehead atoms. The van der Waals surface area contributed by atoms with Gasteiger partial charge in [0, 0.05) is 30.7 Å². The number of carbonyl (C=O) groups is 2. The zero-order valence-electron chi connectivity index (χ0n) is 17.3. The van der Waals surface area contributed by atoms with Crippen molar-refractivity contribution >= 4 is 29.3 Å². The molecule has 6 heteroatoms. The first-order valence-electron chi connectivity index (χ1n) is 10.1. The van der Waals surface area contributed by atoms with Gasteiger partial charge in [0.1, 0.15) is 5.82 Å². The summed E-state index contributed by atoms with van der Waals surface area (Å²) in [6.07, 6.45) is 0.871. The number of amides is 2. The monoisotopic (exact) mass is 434 g/mol. The second-order valence-corrected chi connectivity index (χ2v) is 8.51. The summed E-state index contributed by atoms with van der Waals surface area (Å²) in [6.45, 7) is 1.07. The van der Waals surface area contributed by atoms with Crippen LogP contribution >= 0.6 is 11.8 Å². The van der Waals surface area contributed by atoms with Crippen LogP contribution in [0.1, 0.15) is 21.5 Å². The zero-order chi connectivity index (χ0) is 21.8. The van der Waals surface area contributed by atoms with Crippen LogP contribution < -0.4 is 4.90 Å². The van der Waals surface area contributed by atoms with Gasteiger partial charge >= 0.3 is 0 Å². The van der Waals surface area contributed by atoms with E-state index in [0.717, 1.165) is 22.6 Å². The average Bonchev–Trinajstić information content (AvgIpc) is 3.23. The first-order valence-corrected chi connectivity index (χ1v) is 11.1. The fraction of sp³-hybridized carbons (Fsp3) is 0.200. The van der Waals surface area contributed by atoms with Crippen molar-refractivity contribution in [2.75, 3.05) is 24.2 Å². The van der Waals surface area contributed by atoms with Crippen LogP contribution in [0.3, 0.4) is 0 Å². The van der Waals surface area contributed by atoms with Gasteiger partial charge in [-0.3, -0.25) is 9.59 Å². The van der Waals surface area contributed by atoms with E-state index in [4.69, 9.17) is 0 Å². The number of fused-ring (bicyclic) bond motifs is 1. The van der Waals surface area contributed by atoms with E-state index in [1.807, 2.05) is 41.3 Å². The lowest BCUT2D eigenvalue weighted by molar-refractivity contribution is -0.116. The molecule has 4 nitrogen and oxygen atoms in total. The number of carbonyl (C=O) groups excluding carboxylic acids is 2. The molecule has 0 spiro atoms. The summed E-state index contributed by atoms with van der Waals surface area (Å²) in [6, 6.07) is 21.4. The third kappa shape index (κ3) is 4.80. The molecule has 0 fully saturated rings. The van der Waals surface area contributed by atoms with E-state index in [1.165, 1.54) is 29.5 Å². The van der Waals surface area contributed by atoms with Gasteiger partial charge in [0.25, 0.3) is 5.91 Å². The highest BCUT2D eigenvalue weighted by Crippen LogP contribution is 2.30. The van der Waals surface area contributed by atoms with Crippen molar-refractivity contribution in [2.24, 2.45) is 0 Å². The molecular weight excluding hydrogens is 411 g/mol. The fourth-order valence-electron chi connectivity index (χ4n) is 3.73. The van der Waals surface area contributed by atoms with Gasteiger partial charge in [-0.05, 0) is 47.9 Å². The van der Waals surface area contributed by atoms with E-state index in [-0.39, 0.29) is 23.4 Å². The number of anilines is 1. The molecule has 1 aliphatic rings. The van der Waals surface area contributed by atoms with Crippen molar-refractivity contribution in [3.63, 3.8) is 0 Å². The van der Waals surface area contributed by atoms with Crippen LogP contribution in [0.4, 0.5) is 10.1 Å². The number of halogens is 1. The Morgan fingerprint density at radius 1 is 1.00 bits per heavy atom. The SMILES string of the molecule is CN(Cc1ccc(F)cc1)C(=O)c1ccccc1SCC(=O)N1CCc2ccccc21. The van der Waals surface area contributed by atoms with Crippen molar-refractivity contribution in [1.82, 2.24) is 4.90 Å². The Labute approximate surface area is 185 Å². The van der Waals surface area contributed by atoms with E-state index in [0.29, 0.717) is 18.7 Å². The summed E-state index contributed by atoms with van der Waals surface area (Å²) >= 11 is 1.38. The molecule has 3 aromatic carbocycles. The molecule has 4 rings (SSSR count). The Balaban J connectivity index is 1.43. The van der Waals surface area contributed by atoms with Gasteiger partial charge in [-0.1, -0.05) is 42.5 Å². The van der Waals surface area contributed by atoms with E-state index >= 15 is 0 Å². The molecule has 1 heterocycles. The third-order valence-electron chi connectivity index (χ3n) is 5.34. The van der Waals surface area contributed by atoms with Crippen LogP contribution in [0, 0.1) is 5.82 Å². The summed E-state index contributed by atoms with van der Waals surface area (Å²) in [5, 5.41) is 0. The minimum absolute atomic E-state index is 0.0388. The van der Waals surface area contributed by atoms with E-state index in [9.17, 15) is 14.0 Å². The van der Waals surface area contributed by atoms with Crippen molar-refractivity contribution in [3.8, 4) is 0 Å². The molecule has 0 saturated heterocycles. The lowest BCUT2D eigenvalue weighted by atomic mass is 10.1. The van der Waals surface area contributed by atoms with Gasteiger partial charge in [0.15, 0.2) is 0 Å². The van der Waals surface area contributed by atoms with Crippen molar-refractivity contribution in [3.05, 3.63) is 95.3 Å². The predicted octanol–water partition coefficient (Wildman–Crippen LogP) is 4.78. The second-order valence-electron chi connectivity index (χ2n) is 7.50. The highest BCUT2D eigenvalue weighted by atomic mass is 32.2. The Morgan fingerprint density at radius 2 is 1.71 bits per heavy atom. The predicted molar refractivity (Wildman–Crippen MR) is 122 cm³/mol. The van der Waals surface area contributed by atoms with Gasteiger partial charge in [0.2, 0.25) is 5.91 Å². The Kier molecular flexibility index (Phi) is 6.37. The summed E-state index contributed by atoms with van der Waals surface area (Å²) in [5.74, 6) is -0.131. The Morgan fingerprint density at radius 3 is 2.52 bits per heavy atom. The van der Waals surface area contributed by atoms with Crippen LogP contribution in [0.25, 0.3) is 0 Å². The van der Waals surface area contributed by atoms with Gasteiger partial charge in [0.05, 0.1) is 11.3 Å². The van der Waals surface area contributed by atoms with Crippen molar-refractivity contribution in [1.29, 1.82) is 0 Å². The molecule has 1 aliphatic heterocycles. The first kappa shape index (κ1) is 21.1. The average molecular weight is 435 g/mol. The molecule has 3 aromatic rings. The van der Waals surface area contributed by atoms with Crippen LogP contribution in [0.2, 0.25) is 0 Å². The Hall–Kier alpha value is -3.12. The number of thioether (sulfide) groups is 1. The fourth-order valence-corrected chi connectivity index (χ4v) is 4.65. The minimum Gasteiger partial charge on any atom is -0.337 e. The van der Waals surface area contributed by atoms with Crippen LogP contribution in [0.5, 0.6) is 0 Å². The standard InChI is InChI=1S/C25H23FN2O2S/c1-27(16-18-10-12-20(26)13-11-18)25(30)21-7-3-5-9-23(21)31-17-24(29)28-15-14-19-6-2-4-8-22(19)28/h2-13H,14-17H2,1H3. The summed E-state index contributed by atoms with van der Waals surface area (Å²) < 4.78 is 13.1. The van der Waals surface area contributed by atoms with Gasteiger partial charge in [-0.25, -0.2) is 4.39 Å². The zero-order valence-corrected chi connectivity index (χ0v) is 18.1. The number of nitrogens with zero attached hydrogens (tertiary/aromatic N) is 2. The third-order valence-corrected chi connectivity index (χ3v) is 6.39. The molecule has 0 aromatic heterocycles. The normalized spacial score (nSPS) is 12.5. The number of hydrogen-bond donors (Lipinski definition) is 0. The number of para-hydroxylation sites is 1. The number of benzene rings is 3. The highest BCUT2D eigenvalue weighted by molar-refractivity contribution is 8.00. The first-order chi connectivity index (χ1) is 15.0. The lowest BCUT2D eigenvalue weighted by Crippen LogP contribution is -2.30. The molecule has 158 valence electrons. The van der Waals surface area contributed by atoms with Gasteiger partial charge in [-0.2, -0.15) is 0 Å². The second kappa shape index (κ2) is 9.35. The Bertz CT molecular complexity index is 1100. The molecule has 0 saturated carbocycles. The number of hydrogen-bond acceptors (Lipinski definition) is 3. The largest absolute Gasteiger partial charge is 0.337 e. The summed E-state index contributed by atoms with van der Waals surface area (Å²) in [4.78, 5) is 30.1. The van der Waals surface area contributed by atoms with E-state index < -0.39 is 0 Å². The summed E-state index contributed by atoms with van der Waals surface area (Å²) in [7, 11) is 1.72. The maximum absolute atomic E-state index is 13.1. The molecule has 0 unspecified atom stereocenters. The molecule has 0 radical (unpaired) electrons. The molecule has 31 heavy (non-hydrogen) atoms. The van der Waals surface area contributed by atoms with Gasteiger partial charge < -0.3 is 9.80 Å². The molecule has 0 atom stereocenters. The molecule has 0 aliphatic carbocycles. The van der Waals surface area contributed by atoms with Crippen LogP contribution in [0.15, 0.2) is 77.7 Å². The smallest absolute Gasteiger partial charge is 0.255 e. The summed E-state index contributed by atoms with van der Waals surface area (Å²) in [5.41, 5.74) is 3.59. The van der Waals surface area contributed by atoms with Crippen LogP contribution in [-0.4, -0.2) is 36.1 Å². The maximum Gasteiger partial charge on any atom is 0.255 e. The molecule has 2 amide bonds. The number of rotatable bonds is 6. The highest BCUT2D eigenvalue weighted by Gasteiger charge is 2.24. The van der Waals surface area contributed by atoms with E-state index in [2.05, 4.69) is 6.07 Å². The van der Waals surface area contributed by atoms with Crippen molar-refractivity contribution < 1.29 is 14.0 Å². The topological polar surface area (TPSA) is 40.6 Å². The molecular formula is C25H23FN2O2S. The molecule has 0 N–H and O–H groups in total. The maximum atomic E-state index is 13.1. The van der Waals surface area contributed by atoms with E-state index in [1.54, 1.807) is 30.1 Å².